The molecule has 0 bridgehead atoms. The van der Waals surface area contributed by atoms with Crippen LogP contribution in [0, 0.1) is 0 Å². The first-order valence-electron chi connectivity index (χ1n) is 3.50. The Hall–Kier alpha value is -0.150. The average Bonchev–Trinajstić information content (AvgIpc) is 1.84. The fourth-order valence-electron chi connectivity index (χ4n) is 0.517. The Morgan fingerprint density at radius 2 is 2.10 bits per heavy atom. The number of hydrogen-bond donors (Lipinski definition) is 2. The molecule has 0 heterocycles. The van der Waals surface area contributed by atoms with Crippen LogP contribution in [0.3, 0.4) is 0 Å². The number of rotatable bonds is 4. The number of aliphatic hydroxyl groups is 1. The lowest BCUT2D eigenvalue weighted by atomic mass is 9.99. The van der Waals surface area contributed by atoms with Crippen molar-refractivity contribution in [3.8, 4) is 0 Å². The minimum absolute atomic E-state index is 0.303. The number of nitrogens with one attached hydrogen (secondary N) is 1. The van der Waals surface area contributed by atoms with Crippen molar-refractivity contribution >= 4 is 0 Å². The molecule has 0 rings (SSSR count). The third-order valence-electron chi connectivity index (χ3n) is 1.72. The van der Waals surface area contributed by atoms with Crippen LogP contribution in [0.5, 0.6) is 0 Å². The lowest BCUT2D eigenvalue weighted by Crippen LogP contribution is -2.48. The van der Waals surface area contributed by atoms with Gasteiger partial charge in [-0.3, -0.25) is 0 Å². The summed E-state index contributed by atoms with van der Waals surface area (Å²) in [6, 6.07) is 0. The zero-order chi connectivity index (χ0) is 8.20. The van der Waals surface area contributed by atoms with Gasteiger partial charge in [-0.2, -0.15) is 0 Å². The van der Waals surface area contributed by atoms with E-state index in [-0.39, 0.29) is 5.54 Å². The molecule has 0 aromatic rings. The molecule has 2 nitrogen and oxygen atoms in total. The molecular weight excluding hydrogens is 133 g/mol. The normalized spacial score (nSPS) is 15.3. The smallest absolute Gasteiger partial charge is 0.102 e. The summed E-state index contributed by atoms with van der Waals surface area (Å²) in [5.41, 5.74) is -0.383. The quantitative estimate of drug-likeness (QED) is 0.617. The minimum Gasteiger partial charge on any atom is -0.392 e. The second-order valence-corrected chi connectivity index (χ2v) is 3.01. The van der Waals surface area contributed by atoms with Gasteiger partial charge in [0.15, 0.2) is 0 Å². The van der Waals surface area contributed by atoms with E-state index in [9.17, 15) is 4.39 Å². The van der Waals surface area contributed by atoms with E-state index in [1.807, 2.05) is 13.8 Å². The Kier molecular flexibility index (Phi) is 3.83. The van der Waals surface area contributed by atoms with E-state index in [1.54, 1.807) is 6.92 Å². The van der Waals surface area contributed by atoms with Gasteiger partial charge in [0.1, 0.15) is 6.67 Å². The summed E-state index contributed by atoms with van der Waals surface area (Å²) in [5.74, 6) is 0. The number of hydrogen-bond acceptors (Lipinski definition) is 2. The van der Waals surface area contributed by atoms with E-state index in [2.05, 4.69) is 5.32 Å². The Bertz CT molecular complexity index is 93.6. The predicted octanol–water partition coefficient (Wildman–Crippen LogP) is 0.705. The van der Waals surface area contributed by atoms with Gasteiger partial charge in [0.05, 0.1) is 6.10 Å². The Morgan fingerprint density at radius 1 is 1.60 bits per heavy atom. The molecule has 3 heteroatoms. The molecule has 0 saturated heterocycles. The van der Waals surface area contributed by atoms with Crippen molar-refractivity contribution in [1.29, 1.82) is 0 Å². The number of halogens is 1. The molecule has 0 saturated carbocycles. The first-order valence-corrected chi connectivity index (χ1v) is 3.50. The van der Waals surface area contributed by atoms with Crippen molar-refractivity contribution in [2.75, 3.05) is 13.2 Å². The van der Waals surface area contributed by atoms with Gasteiger partial charge in [-0.15, -0.1) is 0 Å². The molecule has 2 N–H and O–H groups in total. The maximum Gasteiger partial charge on any atom is 0.102 e. The average molecular weight is 149 g/mol. The van der Waals surface area contributed by atoms with Crippen molar-refractivity contribution in [3.05, 3.63) is 0 Å². The summed E-state index contributed by atoms with van der Waals surface area (Å²) < 4.78 is 11.6. The molecule has 0 radical (unpaired) electrons. The van der Waals surface area contributed by atoms with Crippen LogP contribution in [-0.2, 0) is 0 Å². The lowest BCUT2D eigenvalue weighted by molar-refractivity contribution is 0.0957. The highest BCUT2D eigenvalue weighted by molar-refractivity contribution is 4.82. The van der Waals surface area contributed by atoms with Crippen molar-refractivity contribution in [2.45, 2.75) is 32.4 Å². The van der Waals surface area contributed by atoms with E-state index >= 15 is 0 Å². The Balaban J connectivity index is 3.63. The molecule has 0 aromatic carbocycles. The monoisotopic (exact) mass is 149 g/mol. The highest BCUT2D eigenvalue weighted by atomic mass is 19.1. The van der Waals surface area contributed by atoms with Gasteiger partial charge in [0, 0.05) is 12.1 Å². The molecule has 62 valence electrons. The SMILES string of the molecule is CC(O)C(C)(C)NCCF. The summed E-state index contributed by atoms with van der Waals surface area (Å²) in [5, 5.41) is 12.0. The van der Waals surface area contributed by atoms with Crippen LogP contribution >= 0.6 is 0 Å². The zero-order valence-electron chi connectivity index (χ0n) is 6.82. The molecule has 1 unspecified atom stereocenters. The largest absolute Gasteiger partial charge is 0.392 e. The third kappa shape index (κ3) is 3.13. The maximum atomic E-state index is 11.6. The molecule has 0 aromatic heterocycles. The third-order valence-corrected chi connectivity index (χ3v) is 1.72. The van der Waals surface area contributed by atoms with E-state index in [0.717, 1.165) is 0 Å². The summed E-state index contributed by atoms with van der Waals surface area (Å²) in [6.07, 6.45) is -0.459. The van der Waals surface area contributed by atoms with Gasteiger partial charge in [0.25, 0.3) is 0 Å². The fraction of sp³-hybridized carbons (Fsp3) is 1.00. The van der Waals surface area contributed by atoms with Gasteiger partial charge in [-0.25, -0.2) is 4.39 Å². The molecule has 0 aliphatic carbocycles. The van der Waals surface area contributed by atoms with Crippen LogP contribution in [-0.4, -0.2) is 30.0 Å². The Morgan fingerprint density at radius 3 is 2.40 bits per heavy atom. The van der Waals surface area contributed by atoms with Gasteiger partial charge in [0.2, 0.25) is 0 Å². The summed E-state index contributed by atoms with van der Waals surface area (Å²) in [7, 11) is 0. The topological polar surface area (TPSA) is 32.3 Å². The molecule has 1 atom stereocenters. The first-order chi connectivity index (χ1) is 4.50. The summed E-state index contributed by atoms with van der Waals surface area (Å²) in [4.78, 5) is 0. The highest BCUT2D eigenvalue weighted by Crippen LogP contribution is 2.06. The second kappa shape index (κ2) is 3.88. The standard InChI is InChI=1S/C7H16FNO/c1-6(10)7(2,3)9-5-4-8/h6,9-10H,4-5H2,1-3H3. The maximum absolute atomic E-state index is 11.6. The van der Waals surface area contributed by atoms with Crippen molar-refractivity contribution < 1.29 is 9.50 Å². The molecule has 0 spiro atoms. The molecule has 10 heavy (non-hydrogen) atoms. The van der Waals surface area contributed by atoms with Crippen molar-refractivity contribution in [1.82, 2.24) is 5.32 Å². The molecule has 0 aliphatic heterocycles. The molecule has 0 amide bonds. The molecular formula is C7H16FNO. The Labute approximate surface area is 61.4 Å². The number of aliphatic hydroxyl groups excluding tert-OH is 1. The lowest BCUT2D eigenvalue weighted by Gasteiger charge is -2.28. The van der Waals surface area contributed by atoms with Crippen molar-refractivity contribution in [3.63, 3.8) is 0 Å². The zero-order valence-corrected chi connectivity index (χ0v) is 6.82. The summed E-state index contributed by atoms with van der Waals surface area (Å²) in [6.45, 7) is 5.28. The van der Waals surface area contributed by atoms with E-state index in [1.165, 1.54) is 0 Å². The van der Waals surface area contributed by atoms with Crippen molar-refractivity contribution in [2.24, 2.45) is 0 Å². The number of alkyl halides is 1. The molecule has 0 fully saturated rings. The fourth-order valence-corrected chi connectivity index (χ4v) is 0.517. The van der Waals surface area contributed by atoms with Crippen LogP contribution in [0.25, 0.3) is 0 Å². The van der Waals surface area contributed by atoms with E-state index in [0.29, 0.717) is 6.54 Å². The van der Waals surface area contributed by atoms with Gasteiger partial charge in [-0.05, 0) is 20.8 Å². The van der Waals surface area contributed by atoms with Gasteiger partial charge >= 0.3 is 0 Å². The first kappa shape index (κ1) is 9.85. The van der Waals surface area contributed by atoms with E-state index < -0.39 is 12.8 Å². The minimum atomic E-state index is -0.459. The van der Waals surface area contributed by atoms with Crippen LogP contribution in [0.1, 0.15) is 20.8 Å². The molecule has 0 aliphatic rings. The highest BCUT2D eigenvalue weighted by Gasteiger charge is 2.22. The predicted molar refractivity (Wildman–Crippen MR) is 39.7 cm³/mol. The van der Waals surface area contributed by atoms with Crippen LogP contribution in [0.15, 0.2) is 0 Å². The van der Waals surface area contributed by atoms with Crippen LogP contribution in [0.2, 0.25) is 0 Å². The van der Waals surface area contributed by atoms with Crippen LogP contribution in [0.4, 0.5) is 4.39 Å². The van der Waals surface area contributed by atoms with Crippen LogP contribution < -0.4 is 5.32 Å². The van der Waals surface area contributed by atoms with Gasteiger partial charge < -0.3 is 10.4 Å². The summed E-state index contributed by atoms with van der Waals surface area (Å²) >= 11 is 0. The van der Waals surface area contributed by atoms with Gasteiger partial charge in [-0.1, -0.05) is 0 Å². The second-order valence-electron chi connectivity index (χ2n) is 3.01. The van der Waals surface area contributed by atoms with E-state index in [4.69, 9.17) is 5.11 Å².